The molecule has 0 aliphatic rings. The van der Waals surface area contributed by atoms with Gasteiger partial charge in [-0.1, -0.05) is 64.0 Å². The second-order valence-corrected chi connectivity index (χ2v) is 4.95. The molecule has 0 amide bonds. The predicted octanol–water partition coefficient (Wildman–Crippen LogP) is 5.24. The van der Waals surface area contributed by atoms with Crippen molar-refractivity contribution in [3.8, 4) is 0 Å². The molecule has 0 aromatic carbocycles. The van der Waals surface area contributed by atoms with E-state index in [1.54, 1.807) is 0 Å². The Hall–Kier alpha value is -0.300. The van der Waals surface area contributed by atoms with E-state index in [0.717, 1.165) is 6.42 Å². The molecule has 0 rings (SSSR count). The van der Waals surface area contributed by atoms with Gasteiger partial charge in [-0.15, -0.1) is 0 Å². The first-order chi connectivity index (χ1) is 8.41. The number of hydrogen-bond donors (Lipinski definition) is 1. The Morgan fingerprint density at radius 1 is 0.647 bits per heavy atom. The minimum Gasteiger partial charge on any atom is -0.396 e. The Bertz CT molecular complexity index is 152. The maximum Gasteiger partial charge on any atom is 0.0431 e. The van der Waals surface area contributed by atoms with Gasteiger partial charge in [0.1, 0.15) is 0 Å². The zero-order valence-electron chi connectivity index (χ0n) is 11.8. The van der Waals surface area contributed by atoms with E-state index in [-0.39, 0.29) is 0 Å². The molecule has 0 heterocycles. The van der Waals surface area contributed by atoms with Gasteiger partial charge in [0.25, 0.3) is 0 Å². The maximum absolute atomic E-state index is 8.63. The van der Waals surface area contributed by atoms with Crippen molar-refractivity contribution in [1.82, 2.24) is 0 Å². The van der Waals surface area contributed by atoms with Gasteiger partial charge in [0, 0.05) is 6.61 Å². The van der Waals surface area contributed by atoms with Crippen molar-refractivity contribution in [2.45, 2.75) is 84.0 Å². The quantitative estimate of drug-likeness (QED) is 0.345. The van der Waals surface area contributed by atoms with E-state index in [1.807, 2.05) is 0 Å². The zero-order chi connectivity index (χ0) is 12.6. The predicted molar refractivity (Wildman–Crippen MR) is 77.3 cm³/mol. The van der Waals surface area contributed by atoms with Gasteiger partial charge in [-0.3, -0.25) is 0 Å². The van der Waals surface area contributed by atoms with Crippen LogP contribution in [0.4, 0.5) is 0 Å². The zero-order valence-corrected chi connectivity index (χ0v) is 11.8. The third-order valence-corrected chi connectivity index (χ3v) is 3.17. The van der Waals surface area contributed by atoms with Crippen molar-refractivity contribution in [2.75, 3.05) is 6.61 Å². The van der Waals surface area contributed by atoms with E-state index in [0.29, 0.717) is 6.61 Å². The molecule has 0 spiro atoms. The van der Waals surface area contributed by atoms with Crippen LogP contribution in [0.3, 0.4) is 0 Å². The molecule has 0 fully saturated rings. The molecule has 17 heavy (non-hydrogen) atoms. The van der Waals surface area contributed by atoms with E-state index in [2.05, 4.69) is 19.1 Å². The highest BCUT2D eigenvalue weighted by atomic mass is 16.2. The van der Waals surface area contributed by atoms with Crippen LogP contribution in [0.1, 0.15) is 84.0 Å². The highest BCUT2D eigenvalue weighted by Crippen LogP contribution is 2.08. The fourth-order valence-corrected chi connectivity index (χ4v) is 2.01. The molecule has 0 aromatic heterocycles. The molecule has 0 aromatic rings. The van der Waals surface area contributed by atoms with E-state index in [4.69, 9.17) is 5.11 Å². The van der Waals surface area contributed by atoms with Gasteiger partial charge in [0.2, 0.25) is 0 Å². The van der Waals surface area contributed by atoms with Crippen LogP contribution < -0.4 is 0 Å². The molecular weight excluding hydrogens is 208 g/mol. The summed E-state index contributed by atoms with van der Waals surface area (Å²) in [6.07, 6.45) is 20.2. The second-order valence-electron chi connectivity index (χ2n) is 4.95. The summed E-state index contributed by atoms with van der Waals surface area (Å²) in [6.45, 7) is 2.62. The molecule has 0 atom stereocenters. The van der Waals surface area contributed by atoms with Crippen LogP contribution in [0.25, 0.3) is 0 Å². The lowest BCUT2D eigenvalue weighted by Gasteiger charge is -1.98. The molecule has 0 unspecified atom stereocenters. The standard InChI is InChI=1S/C16H32O/c1-2-3-4-5-6-7-8-9-10-11-12-13-14-15-16-17/h9-10,17H,2-8,11-16H2,1H3/b10-9-. The summed E-state index contributed by atoms with van der Waals surface area (Å²) in [5, 5.41) is 8.63. The SMILES string of the molecule is CCCCCCCC/C=C\CCCCCCO. The van der Waals surface area contributed by atoms with Gasteiger partial charge >= 0.3 is 0 Å². The summed E-state index contributed by atoms with van der Waals surface area (Å²) in [4.78, 5) is 0. The van der Waals surface area contributed by atoms with Crippen LogP contribution in [-0.4, -0.2) is 11.7 Å². The van der Waals surface area contributed by atoms with Crippen LogP contribution in [0.5, 0.6) is 0 Å². The number of hydrogen-bond acceptors (Lipinski definition) is 1. The molecule has 0 saturated heterocycles. The summed E-state index contributed by atoms with van der Waals surface area (Å²) >= 11 is 0. The Morgan fingerprint density at radius 2 is 1.12 bits per heavy atom. The Balaban J connectivity index is 2.99. The van der Waals surface area contributed by atoms with Crippen LogP contribution >= 0.6 is 0 Å². The molecule has 0 bridgehead atoms. The van der Waals surface area contributed by atoms with Gasteiger partial charge < -0.3 is 5.11 Å². The lowest BCUT2D eigenvalue weighted by molar-refractivity contribution is 0.282. The number of aliphatic hydroxyl groups excluding tert-OH is 1. The average Bonchev–Trinajstić information content (AvgIpc) is 2.35. The van der Waals surface area contributed by atoms with Crippen molar-refractivity contribution in [2.24, 2.45) is 0 Å². The molecular formula is C16H32O. The van der Waals surface area contributed by atoms with Crippen LogP contribution in [0.2, 0.25) is 0 Å². The average molecular weight is 240 g/mol. The summed E-state index contributed by atoms with van der Waals surface area (Å²) in [5.74, 6) is 0. The first-order valence-corrected chi connectivity index (χ1v) is 7.67. The smallest absolute Gasteiger partial charge is 0.0431 e. The Labute approximate surface area is 108 Å². The largest absolute Gasteiger partial charge is 0.396 e. The first kappa shape index (κ1) is 16.7. The first-order valence-electron chi connectivity index (χ1n) is 7.67. The molecule has 1 heteroatoms. The van der Waals surface area contributed by atoms with Gasteiger partial charge in [-0.25, -0.2) is 0 Å². The molecule has 0 aliphatic heterocycles. The molecule has 0 radical (unpaired) electrons. The van der Waals surface area contributed by atoms with E-state index in [1.165, 1.54) is 70.6 Å². The van der Waals surface area contributed by atoms with E-state index >= 15 is 0 Å². The van der Waals surface area contributed by atoms with Crippen LogP contribution in [0, 0.1) is 0 Å². The number of allylic oxidation sites excluding steroid dienone is 2. The number of rotatable bonds is 13. The van der Waals surface area contributed by atoms with E-state index in [9.17, 15) is 0 Å². The molecule has 1 N–H and O–H groups in total. The topological polar surface area (TPSA) is 20.2 Å². The fraction of sp³-hybridized carbons (Fsp3) is 0.875. The summed E-state index contributed by atoms with van der Waals surface area (Å²) in [5.41, 5.74) is 0. The van der Waals surface area contributed by atoms with Gasteiger partial charge in [0.05, 0.1) is 0 Å². The van der Waals surface area contributed by atoms with Gasteiger partial charge in [-0.2, -0.15) is 0 Å². The normalized spacial score (nSPS) is 11.4. The van der Waals surface area contributed by atoms with Gasteiger partial charge in [-0.05, 0) is 32.1 Å². The van der Waals surface area contributed by atoms with Crippen LogP contribution in [0.15, 0.2) is 12.2 Å². The lowest BCUT2D eigenvalue weighted by atomic mass is 10.1. The minimum atomic E-state index is 0.355. The molecule has 1 nitrogen and oxygen atoms in total. The Kier molecular flexibility index (Phi) is 15.4. The van der Waals surface area contributed by atoms with Gasteiger partial charge in [0.15, 0.2) is 0 Å². The fourth-order valence-electron chi connectivity index (χ4n) is 2.01. The minimum absolute atomic E-state index is 0.355. The monoisotopic (exact) mass is 240 g/mol. The maximum atomic E-state index is 8.63. The molecule has 0 aliphatic carbocycles. The second kappa shape index (κ2) is 15.7. The summed E-state index contributed by atoms with van der Waals surface area (Å²) < 4.78 is 0. The number of aliphatic hydroxyl groups is 1. The van der Waals surface area contributed by atoms with Crippen molar-refractivity contribution in [3.05, 3.63) is 12.2 Å². The third kappa shape index (κ3) is 15.7. The highest BCUT2D eigenvalue weighted by molar-refractivity contribution is 4.81. The number of unbranched alkanes of at least 4 members (excludes halogenated alkanes) is 10. The molecule has 0 saturated carbocycles. The van der Waals surface area contributed by atoms with Crippen molar-refractivity contribution >= 4 is 0 Å². The molecule has 102 valence electrons. The summed E-state index contributed by atoms with van der Waals surface area (Å²) in [7, 11) is 0. The third-order valence-electron chi connectivity index (χ3n) is 3.17. The van der Waals surface area contributed by atoms with E-state index < -0.39 is 0 Å². The van der Waals surface area contributed by atoms with Crippen molar-refractivity contribution in [1.29, 1.82) is 0 Å². The summed E-state index contributed by atoms with van der Waals surface area (Å²) in [6, 6.07) is 0. The van der Waals surface area contributed by atoms with Crippen molar-refractivity contribution < 1.29 is 5.11 Å². The van der Waals surface area contributed by atoms with Crippen molar-refractivity contribution in [3.63, 3.8) is 0 Å². The highest BCUT2D eigenvalue weighted by Gasteiger charge is 1.89. The Morgan fingerprint density at radius 3 is 1.65 bits per heavy atom. The van der Waals surface area contributed by atoms with Crippen LogP contribution in [-0.2, 0) is 0 Å². The lowest BCUT2D eigenvalue weighted by Crippen LogP contribution is -1.82.